The molecular formula is C28H34N4O5. The maximum Gasteiger partial charge on any atom is 0.255 e. The van der Waals surface area contributed by atoms with E-state index in [0.717, 1.165) is 59.5 Å². The number of benzene rings is 1. The summed E-state index contributed by atoms with van der Waals surface area (Å²) in [4.78, 5) is 32.8. The fourth-order valence-electron chi connectivity index (χ4n) is 5.09. The fraction of sp³-hybridized carbons (Fsp3) is 0.464. The van der Waals surface area contributed by atoms with Crippen molar-refractivity contribution in [3.05, 3.63) is 41.7 Å². The summed E-state index contributed by atoms with van der Waals surface area (Å²) in [6.45, 7) is 2.07. The summed E-state index contributed by atoms with van der Waals surface area (Å²) in [5, 5.41) is 14.9. The van der Waals surface area contributed by atoms with Crippen LogP contribution in [0.25, 0.3) is 22.2 Å². The Bertz CT molecular complexity index is 1290. The number of aromatic amines is 1. The number of rotatable bonds is 9. The van der Waals surface area contributed by atoms with Crippen LogP contribution in [0.15, 0.2) is 30.5 Å². The maximum atomic E-state index is 13.4. The molecule has 2 saturated carbocycles. The molecule has 196 valence electrons. The largest absolute Gasteiger partial charge is 0.497 e. The molecule has 37 heavy (non-hydrogen) atoms. The zero-order valence-electron chi connectivity index (χ0n) is 21.3. The molecule has 9 nitrogen and oxygen atoms in total. The molecule has 9 heteroatoms. The highest BCUT2D eigenvalue weighted by Crippen LogP contribution is 2.39. The van der Waals surface area contributed by atoms with Crippen LogP contribution in [0.5, 0.6) is 11.5 Å². The first kappa shape index (κ1) is 25.1. The number of pyridine rings is 1. The van der Waals surface area contributed by atoms with Gasteiger partial charge in [-0.1, -0.05) is 0 Å². The van der Waals surface area contributed by atoms with E-state index in [0.29, 0.717) is 23.6 Å². The number of aliphatic hydroxyl groups excluding tert-OH is 1. The first-order valence-electron chi connectivity index (χ1n) is 13.0. The van der Waals surface area contributed by atoms with Crippen LogP contribution in [-0.4, -0.2) is 59.3 Å². The third kappa shape index (κ3) is 5.56. The Kier molecular flexibility index (Phi) is 7.32. The molecule has 0 bridgehead atoms. The van der Waals surface area contributed by atoms with Gasteiger partial charge in [0.1, 0.15) is 23.6 Å². The van der Waals surface area contributed by atoms with Crippen molar-refractivity contribution in [2.75, 3.05) is 20.3 Å². The Morgan fingerprint density at radius 1 is 1.05 bits per heavy atom. The van der Waals surface area contributed by atoms with Gasteiger partial charge < -0.3 is 30.2 Å². The molecule has 1 aromatic carbocycles. The highest BCUT2D eigenvalue weighted by atomic mass is 16.5. The number of aryl methyl sites for hydroxylation is 1. The van der Waals surface area contributed by atoms with E-state index in [1.165, 1.54) is 12.8 Å². The highest BCUT2D eigenvalue weighted by molar-refractivity contribution is 6.09. The normalized spacial score (nSPS) is 19.4. The average Bonchev–Trinajstić information content (AvgIpc) is 3.67. The molecule has 2 aromatic heterocycles. The van der Waals surface area contributed by atoms with Gasteiger partial charge in [-0.05, 0) is 75.6 Å². The molecular weight excluding hydrogens is 472 g/mol. The molecule has 0 atom stereocenters. The minimum absolute atomic E-state index is 0.0168. The van der Waals surface area contributed by atoms with Gasteiger partial charge in [-0.15, -0.1) is 0 Å². The number of nitrogens with one attached hydrogen (secondary N) is 3. The second-order valence-corrected chi connectivity index (χ2v) is 10.1. The second kappa shape index (κ2) is 10.8. The minimum Gasteiger partial charge on any atom is -0.497 e. The number of fused-ring (bicyclic) bond motifs is 1. The van der Waals surface area contributed by atoms with Crippen molar-refractivity contribution in [2.45, 2.75) is 57.5 Å². The van der Waals surface area contributed by atoms with Gasteiger partial charge in [0.15, 0.2) is 0 Å². The van der Waals surface area contributed by atoms with Crippen LogP contribution in [0.3, 0.4) is 0 Å². The maximum absolute atomic E-state index is 13.4. The van der Waals surface area contributed by atoms with Gasteiger partial charge in [0.05, 0.1) is 24.8 Å². The Labute approximate surface area is 216 Å². The number of nitrogens with zero attached hydrogens (tertiary/aromatic N) is 1. The summed E-state index contributed by atoms with van der Waals surface area (Å²) in [5.74, 6) is 1.61. The van der Waals surface area contributed by atoms with E-state index < -0.39 is 6.61 Å². The summed E-state index contributed by atoms with van der Waals surface area (Å²) < 4.78 is 11.7. The number of methoxy groups -OCH3 is 1. The van der Waals surface area contributed by atoms with E-state index >= 15 is 0 Å². The predicted octanol–water partition coefficient (Wildman–Crippen LogP) is 3.49. The molecule has 2 aliphatic carbocycles. The summed E-state index contributed by atoms with van der Waals surface area (Å²) in [6.07, 6.45) is 7.16. The van der Waals surface area contributed by atoms with E-state index in [-0.39, 0.29) is 23.9 Å². The van der Waals surface area contributed by atoms with Gasteiger partial charge in [-0.2, -0.15) is 0 Å². The molecule has 2 amide bonds. The average molecular weight is 507 g/mol. The van der Waals surface area contributed by atoms with Gasteiger partial charge in [-0.25, -0.2) is 0 Å². The molecule has 0 spiro atoms. The molecule has 5 rings (SSSR count). The van der Waals surface area contributed by atoms with Crippen molar-refractivity contribution >= 4 is 22.8 Å². The number of aliphatic hydroxyl groups is 1. The SMILES string of the molecule is COc1ccc(OCC2CC2)c(-c2ccnc3c(C(=O)NC4CCC(NC(=O)CO)CC4)c(C)[nH]c23)c1. The molecule has 2 heterocycles. The Balaban J connectivity index is 1.38. The van der Waals surface area contributed by atoms with Crippen LogP contribution in [-0.2, 0) is 4.79 Å². The van der Waals surface area contributed by atoms with Gasteiger partial charge >= 0.3 is 0 Å². The molecule has 0 radical (unpaired) electrons. The standard InChI is InChI=1S/C28H34N4O5/c1-16-25(28(35)32-19-7-5-18(6-8-19)31-24(34)14-33)27-26(30-16)21(11-12-29-27)22-13-20(36-2)9-10-23(22)37-15-17-3-4-17/h9-13,17-19,30,33H,3-8,14-15H2,1-2H3,(H,31,34)(H,32,35). The molecule has 0 saturated heterocycles. The summed E-state index contributed by atoms with van der Waals surface area (Å²) in [5.41, 5.74) is 4.48. The topological polar surface area (TPSA) is 126 Å². The van der Waals surface area contributed by atoms with Crippen LogP contribution in [0, 0.1) is 12.8 Å². The monoisotopic (exact) mass is 506 g/mol. The Morgan fingerprint density at radius 3 is 2.46 bits per heavy atom. The van der Waals surface area contributed by atoms with Crippen molar-refractivity contribution in [3.8, 4) is 22.6 Å². The van der Waals surface area contributed by atoms with Crippen molar-refractivity contribution in [1.29, 1.82) is 0 Å². The number of H-pyrrole nitrogens is 1. The van der Waals surface area contributed by atoms with E-state index in [1.807, 2.05) is 31.2 Å². The quantitative estimate of drug-likeness (QED) is 0.352. The zero-order valence-corrected chi connectivity index (χ0v) is 21.3. The number of carbonyl (C=O) groups excluding carboxylic acids is 2. The first-order chi connectivity index (χ1) is 18.0. The molecule has 2 aliphatic rings. The van der Waals surface area contributed by atoms with Crippen molar-refractivity contribution in [3.63, 3.8) is 0 Å². The second-order valence-electron chi connectivity index (χ2n) is 10.1. The number of amides is 2. The number of ether oxygens (including phenoxy) is 2. The fourth-order valence-corrected chi connectivity index (χ4v) is 5.09. The van der Waals surface area contributed by atoms with Crippen LogP contribution in [0.1, 0.15) is 54.6 Å². The lowest BCUT2D eigenvalue weighted by Crippen LogP contribution is -2.44. The first-order valence-corrected chi connectivity index (χ1v) is 13.0. The summed E-state index contributed by atoms with van der Waals surface area (Å²) in [6, 6.07) is 7.77. The third-order valence-corrected chi connectivity index (χ3v) is 7.32. The Hall–Kier alpha value is -3.59. The zero-order chi connectivity index (χ0) is 25.9. The van der Waals surface area contributed by atoms with E-state index in [2.05, 4.69) is 20.6 Å². The van der Waals surface area contributed by atoms with Gasteiger partial charge in [0.25, 0.3) is 5.91 Å². The number of hydrogen-bond donors (Lipinski definition) is 4. The van der Waals surface area contributed by atoms with Crippen LogP contribution in [0.2, 0.25) is 0 Å². The van der Waals surface area contributed by atoms with Gasteiger partial charge in [0, 0.05) is 35.1 Å². The summed E-state index contributed by atoms with van der Waals surface area (Å²) in [7, 11) is 1.64. The van der Waals surface area contributed by atoms with Crippen LogP contribution < -0.4 is 20.1 Å². The van der Waals surface area contributed by atoms with E-state index in [1.54, 1.807) is 13.3 Å². The third-order valence-electron chi connectivity index (χ3n) is 7.32. The Morgan fingerprint density at radius 2 is 1.78 bits per heavy atom. The summed E-state index contributed by atoms with van der Waals surface area (Å²) >= 11 is 0. The molecule has 3 aromatic rings. The lowest BCUT2D eigenvalue weighted by atomic mass is 9.91. The minimum atomic E-state index is -0.505. The lowest BCUT2D eigenvalue weighted by molar-refractivity contribution is -0.124. The number of aromatic nitrogens is 2. The van der Waals surface area contributed by atoms with Crippen LogP contribution in [0.4, 0.5) is 0 Å². The highest BCUT2D eigenvalue weighted by Gasteiger charge is 2.27. The smallest absolute Gasteiger partial charge is 0.255 e. The molecule has 4 N–H and O–H groups in total. The van der Waals surface area contributed by atoms with E-state index in [9.17, 15) is 9.59 Å². The number of hydrogen-bond acceptors (Lipinski definition) is 6. The van der Waals surface area contributed by atoms with Crippen molar-refractivity contribution in [2.24, 2.45) is 5.92 Å². The van der Waals surface area contributed by atoms with Gasteiger partial charge in [0.2, 0.25) is 5.91 Å². The molecule has 2 fully saturated rings. The van der Waals surface area contributed by atoms with E-state index in [4.69, 9.17) is 14.6 Å². The lowest BCUT2D eigenvalue weighted by Gasteiger charge is -2.29. The number of carbonyl (C=O) groups is 2. The van der Waals surface area contributed by atoms with Gasteiger partial charge in [-0.3, -0.25) is 14.6 Å². The van der Waals surface area contributed by atoms with Crippen molar-refractivity contribution in [1.82, 2.24) is 20.6 Å². The molecule has 0 unspecified atom stereocenters. The van der Waals surface area contributed by atoms with Crippen LogP contribution >= 0.6 is 0 Å². The predicted molar refractivity (Wildman–Crippen MR) is 140 cm³/mol. The molecule has 0 aliphatic heterocycles. The van der Waals surface area contributed by atoms with Crippen molar-refractivity contribution < 1.29 is 24.2 Å².